The van der Waals surface area contributed by atoms with E-state index in [4.69, 9.17) is 0 Å². The van der Waals surface area contributed by atoms with Gasteiger partial charge < -0.3 is 10.2 Å². The van der Waals surface area contributed by atoms with Gasteiger partial charge in [0.1, 0.15) is 6.04 Å². The molecule has 2 saturated heterocycles. The Hall–Kier alpha value is -0.710. The summed E-state index contributed by atoms with van der Waals surface area (Å²) < 4.78 is 0. The van der Waals surface area contributed by atoms with Gasteiger partial charge in [-0.05, 0) is 75.0 Å². The predicted molar refractivity (Wildman–Crippen MR) is 94.3 cm³/mol. The molecule has 132 valence electrons. The van der Waals surface area contributed by atoms with E-state index in [9.17, 15) is 9.59 Å². The summed E-state index contributed by atoms with van der Waals surface area (Å²) in [7, 11) is 0. The molecule has 1 N–H and O–H groups in total. The van der Waals surface area contributed by atoms with Gasteiger partial charge in [-0.1, -0.05) is 0 Å². The second-order valence-corrected chi connectivity index (χ2v) is 10.9. The van der Waals surface area contributed by atoms with Crippen molar-refractivity contribution in [2.24, 2.45) is 23.2 Å². The van der Waals surface area contributed by atoms with Gasteiger partial charge in [-0.3, -0.25) is 9.59 Å². The third-order valence-corrected chi connectivity index (χ3v) is 9.06. The van der Waals surface area contributed by atoms with Crippen molar-refractivity contribution in [1.82, 2.24) is 10.2 Å². The Morgan fingerprint density at radius 1 is 1.21 bits per heavy atom. The number of amides is 2. The zero-order valence-electron chi connectivity index (χ0n) is 14.6. The van der Waals surface area contributed by atoms with Crippen molar-refractivity contribution < 1.29 is 9.59 Å². The van der Waals surface area contributed by atoms with Gasteiger partial charge in [-0.15, -0.1) is 11.8 Å². The van der Waals surface area contributed by atoms with Crippen LogP contribution in [0.25, 0.3) is 0 Å². The van der Waals surface area contributed by atoms with Crippen LogP contribution >= 0.6 is 11.8 Å². The maximum Gasteiger partial charge on any atom is 0.243 e. The summed E-state index contributed by atoms with van der Waals surface area (Å²) in [6.45, 7) is 2.96. The molecular formula is C19H28N2O2S. The maximum absolute atomic E-state index is 12.9. The number of carbonyl (C=O) groups is 2. The maximum atomic E-state index is 12.9. The Bertz CT molecular complexity index is 557. The molecule has 0 aromatic rings. The van der Waals surface area contributed by atoms with E-state index in [-0.39, 0.29) is 22.7 Å². The Balaban J connectivity index is 1.26. The Kier molecular flexibility index (Phi) is 3.33. The van der Waals surface area contributed by atoms with Crippen LogP contribution in [0.4, 0.5) is 0 Å². The van der Waals surface area contributed by atoms with Crippen molar-refractivity contribution in [3.8, 4) is 0 Å². The minimum absolute atomic E-state index is 0.0946. The summed E-state index contributed by atoms with van der Waals surface area (Å²) in [6.07, 6.45) is 9.75. The van der Waals surface area contributed by atoms with Gasteiger partial charge in [0.05, 0.1) is 4.87 Å². The van der Waals surface area contributed by atoms with Crippen LogP contribution in [0.2, 0.25) is 0 Å². The van der Waals surface area contributed by atoms with Crippen LogP contribution in [-0.4, -0.2) is 39.9 Å². The lowest BCUT2D eigenvalue weighted by molar-refractivity contribution is -0.138. The molecule has 6 rings (SSSR count). The highest BCUT2D eigenvalue weighted by Crippen LogP contribution is 2.59. The van der Waals surface area contributed by atoms with E-state index in [0.29, 0.717) is 11.8 Å². The lowest BCUT2D eigenvalue weighted by Gasteiger charge is -2.57. The summed E-state index contributed by atoms with van der Waals surface area (Å²) in [5, 5.41) is 3.29. The van der Waals surface area contributed by atoms with Crippen molar-refractivity contribution in [3.05, 3.63) is 0 Å². The molecule has 6 fully saturated rings. The monoisotopic (exact) mass is 348 g/mol. The lowest BCUT2D eigenvalue weighted by atomic mass is 9.49. The zero-order chi connectivity index (χ0) is 16.5. The molecule has 0 radical (unpaired) electrons. The van der Waals surface area contributed by atoms with Crippen LogP contribution in [-0.2, 0) is 9.59 Å². The topological polar surface area (TPSA) is 49.4 Å². The molecule has 24 heavy (non-hydrogen) atoms. The first kappa shape index (κ1) is 15.5. The van der Waals surface area contributed by atoms with E-state index in [0.717, 1.165) is 36.5 Å². The van der Waals surface area contributed by atoms with E-state index >= 15 is 0 Å². The van der Waals surface area contributed by atoms with Crippen LogP contribution in [0.15, 0.2) is 0 Å². The minimum atomic E-state index is -0.246. The highest BCUT2D eigenvalue weighted by Gasteiger charge is 2.54. The highest BCUT2D eigenvalue weighted by atomic mass is 32.2. The van der Waals surface area contributed by atoms with E-state index in [2.05, 4.69) is 12.2 Å². The molecule has 4 nitrogen and oxygen atoms in total. The number of rotatable bonds is 3. The molecular weight excluding hydrogens is 320 g/mol. The number of nitrogens with one attached hydrogen (secondary N) is 1. The second-order valence-electron chi connectivity index (χ2n) is 9.40. The van der Waals surface area contributed by atoms with E-state index < -0.39 is 0 Å². The number of hydrogen-bond donors (Lipinski definition) is 1. The van der Waals surface area contributed by atoms with Crippen LogP contribution in [0.1, 0.15) is 58.3 Å². The highest BCUT2D eigenvalue weighted by molar-refractivity contribution is 8.01. The molecule has 0 spiro atoms. The fourth-order valence-corrected chi connectivity index (χ4v) is 8.35. The molecule has 6 aliphatic rings. The standard InChI is InChI=1S/C19H28N2O2S/c1-18-3-2-16(22)21(18)15(10-24-18)17(23)20-11-19-7-12-4-13(8-19)6-14(5-12)9-19/h12-15H,2-11H2,1H3,(H,20,23)/t12?,13?,14?,15-,18+,19?/m0/s1. The molecule has 2 atom stereocenters. The van der Waals surface area contributed by atoms with Crippen molar-refractivity contribution >= 4 is 23.6 Å². The number of nitrogens with zero attached hydrogens (tertiary/aromatic N) is 1. The molecule has 2 amide bonds. The first-order valence-electron chi connectivity index (χ1n) is 9.70. The third-order valence-electron chi connectivity index (χ3n) is 7.55. The van der Waals surface area contributed by atoms with Crippen molar-refractivity contribution in [1.29, 1.82) is 0 Å². The predicted octanol–water partition coefficient (Wildman–Crippen LogP) is 2.77. The van der Waals surface area contributed by atoms with Gasteiger partial charge >= 0.3 is 0 Å². The van der Waals surface area contributed by atoms with E-state index in [1.165, 1.54) is 38.5 Å². The van der Waals surface area contributed by atoms with Gasteiger partial charge in [0.2, 0.25) is 11.8 Å². The van der Waals surface area contributed by atoms with Crippen LogP contribution in [0, 0.1) is 23.2 Å². The van der Waals surface area contributed by atoms with Gasteiger partial charge in [0.15, 0.2) is 0 Å². The molecule has 4 saturated carbocycles. The van der Waals surface area contributed by atoms with Gasteiger partial charge in [0.25, 0.3) is 0 Å². The molecule has 0 aromatic carbocycles. The second kappa shape index (κ2) is 5.15. The molecule has 2 aliphatic heterocycles. The van der Waals surface area contributed by atoms with E-state index in [1.807, 2.05) is 4.90 Å². The fourth-order valence-electron chi connectivity index (χ4n) is 6.91. The first-order valence-corrected chi connectivity index (χ1v) is 10.7. The summed E-state index contributed by atoms with van der Waals surface area (Å²) in [4.78, 5) is 26.8. The smallest absolute Gasteiger partial charge is 0.243 e. The molecule has 4 bridgehead atoms. The first-order chi connectivity index (χ1) is 11.5. The minimum Gasteiger partial charge on any atom is -0.354 e. The van der Waals surface area contributed by atoms with E-state index in [1.54, 1.807) is 11.8 Å². The van der Waals surface area contributed by atoms with Gasteiger partial charge in [-0.2, -0.15) is 0 Å². The zero-order valence-corrected chi connectivity index (χ0v) is 15.4. The van der Waals surface area contributed by atoms with Crippen molar-refractivity contribution in [2.45, 2.75) is 69.2 Å². The Morgan fingerprint density at radius 2 is 1.83 bits per heavy atom. The number of hydrogen-bond acceptors (Lipinski definition) is 3. The summed E-state index contributed by atoms with van der Waals surface area (Å²) in [6, 6.07) is -0.246. The van der Waals surface area contributed by atoms with Gasteiger partial charge in [0, 0.05) is 18.7 Å². The van der Waals surface area contributed by atoms with Crippen molar-refractivity contribution in [2.75, 3.05) is 12.3 Å². The van der Waals surface area contributed by atoms with Gasteiger partial charge in [-0.25, -0.2) is 0 Å². The Labute approximate surface area is 148 Å². The number of carbonyl (C=O) groups excluding carboxylic acids is 2. The number of fused-ring (bicyclic) bond motifs is 1. The normalized spacial score (nSPS) is 48.9. The summed E-state index contributed by atoms with van der Waals surface area (Å²) in [5.41, 5.74) is 0.370. The Morgan fingerprint density at radius 3 is 2.46 bits per heavy atom. The fraction of sp³-hybridized carbons (Fsp3) is 0.895. The average molecular weight is 349 g/mol. The quantitative estimate of drug-likeness (QED) is 0.853. The molecule has 2 heterocycles. The largest absolute Gasteiger partial charge is 0.354 e. The lowest BCUT2D eigenvalue weighted by Crippen LogP contribution is -2.55. The van der Waals surface area contributed by atoms with Crippen LogP contribution < -0.4 is 5.32 Å². The molecule has 5 heteroatoms. The summed E-state index contributed by atoms with van der Waals surface area (Å²) in [5.74, 6) is 3.76. The molecule has 0 unspecified atom stereocenters. The third kappa shape index (κ3) is 2.26. The van der Waals surface area contributed by atoms with Crippen LogP contribution in [0.3, 0.4) is 0 Å². The molecule has 0 aromatic heterocycles. The number of thioether (sulfide) groups is 1. The molecule has 4 aliphatic carbocycles. The van der Waals surface area contributed by atoms with Crippen LogP contribution in [0.5, 0.6) is 0 Å². The summed E-state index contributed by atoms with van der Waals surface area (Å²) >= 11 is 1.79. The average Bonchev–Trinajstić information content (AvgIpc) is 3.01. The van der Waals surface area contributed by atoms with Crippen molar-refractivity contribution in [3.63, 3.8) is 0 Å². The SMILES string of the molecule is C[C@@]12CCC(=O)N1[C@H](C(=O)NCC13CC4CC(CC(C4)C1)C3)CS2.